The summed E-state index contributed by atoms with van der Waals surface area (Å²) in [7, 11) is 0. The summed E-state index contributed by atoms with van der Waals surface area (Å²) in [5.74, 6) is 0.326. The molecule has 0 amide bonds. The summed E-state index contributed by atoms with van der Waals surface area (Å²) in [6, 6.07) is 7.51. The van der Waals surface area contributed by atoms with Crippen LogP contribution in [0.3, 0.4) is 0 Å². The minimum Gasteiger partial charge on any atom is -0.508 e. The van der Waals surface area contributed by atoms with E-state index in [1.165, 1.54) is 0 Å². The molecule has 0 atom stereocenters. The van der Waals surface area contributed by atoms with Crippen LogP contribution in [0.5, 0.6) is 5.75 Å². The van der Waals surface area contributed by atoms with Gasteiger partial charge in [0, 0.05) is 5.56 Å². The van der Waals surface area contributed by atoms with Crippen molar-refractivity contribution in [3.63, 3.8) is 0 Å². The van der Waals surface area contributed by atoms with Gasteiger partial charge in [0.2, 0.25) is 0 Å². The molecular weight excluding hydrogens is 228 g/mol. The van der Waals surface area contributed by atoms with Crippen LogP contribution < -0.4 is 0 Å². The van der Waals surface area contributed by atoms with Gasteiger partial charge in [0.15, 0.2) is 0 Å². The van der Waals surface area contributed by atoms with Gasteiger partial charge in [0.25, 0.3) is 0 Å². The van der Waals surface area contributed by atoms with E-state index in [9.17, 15) is 5.11 Å². The number of hydrogen-bond donors (Lipinski definition) is 2. The van der Waals surface area contributed by atoms with Crippen molar-refractivity contribution < 1.29 is 5.11 Å². The molecule has 1 nitrogen and oxygen atoms in total. The van der Waals surface area contributed by atoms with Crippen LogP contribution in [0.25, 0.3) is 0 Å². The third-order valence-corrected chi connectivity index (χ3v) is 5.05. The molecule has 1 aromatic carbocycles. The van der Waals surface area contributed by atoms with Crippen LogP contribution in [0, 0.1) is 10.8 Å². The molecule has 0 aromatic heterocycles. The fourth-order valence-electron chi connectivity index (χ4n) is 2.71. The molecule has 0 bridgehead atoms. The molecule has 0 unspecified atom stereocenters. The first-order valence-corrected chi connectivity index (χ1v) is 6.47. The van der Waals surface area contributed by atoms with E-state index in [4.69, 9.17) is 12.6 Å². The van der Waals surface area contributed by atoms with E-state index in [-0.39, 0.29) is 10.8 Å². The van der Waals surface area contributed by atoms with Crippen molar-refractivity contribution in [2.45, 2.75) is 46.3 Å². The first kappa shape index (κ1) is 14.4. The van der Waals surface area contributed by atoms with Crippen LogP contribution in [0.1, 0.15) is 47.1 Å². The van der Waals surface area contributed by atoms with Gasteiger partial charge in [-0.05, 0) is 16.9 Å². The zero-order valence-electron chi connectivity index (χ0n) is 11.7. The summed E-state index contributed by atoms with van der Waals surface area (Å²) in [6.45, 7) is 13.0. The topological polar surface area (TPSA) is 20.2 Å². The highest BCUT2D eigenvalue weighted by molar-refractivity contribution is 7.81. The molecule has 0 aliphatic carbocycles. The Labute approximate surface area is 111 Å². The largest absolute Gasteiger partial charge is 0.508 e. The predicted molar refractivity (Wildman–Crippen MR) is 77.7 cm³/mol. The van der Waals surface area contributed by atoms with Crippen LogP contribution in [0.4, 0.5) is 0 Å². The predicted octanol–water partition coefficient (Wildman–Crippen LogP) is 4.61. The third kappa shape index (κ3) is 2.33. The zero-order chi connectivity index (χ0) is 13.5. The SMILES string of the molecule is CC(C)(C)C(S)(c1ccccc1O)C(C)(C)C. The van der Waals surface area contributed by atoms with Crippen LogP contribution in [0.2, 0.25) is 0 Å². The molecule has 1 rings (SSSR count). The normalized spacial score (nSPS) is 13.8. The van der Waals surface area contributed by atoms with Gasteiger partial charge in [-0.2, -0.15) is 12.6 Å². The number of thiol groups is 1. The van der Waals surface area contributed by atoms with Gasteiger partial charge in [-0.3, -0.25) is 0 Å². The third-order valence-electron chi connectivity index (χ3n) is 3.46. The average Bonchev–Trinajstić information content (AvgIpc) is 2.13. The summed E-state index contributed by atoms with van der Waals surface area (Å²) >= 11 is 4.98. The molecule has 17 heavy (non-hydrogen) atoms. The van der Waals surface area contributed by atoms with Gasteiger partial charge >= 0.3 is 0 Å². The first-order valence-electron chi connectivity index (χ1n) is 6.02. The smallest absolute Gasteiger partial charge is 0.120 e. The van der Waals surface area contributed by atoms with E-state index in [1.54, 1.807) is 6.07 Å². The number of hydrogen-bond acceptors (Lipinski definition) is 2. The van der Waals surface area contributed by atoms with Crippen LogP contribution in [-0.4, -0.2) is 5.11 Å². The van der Waals surface area contributed by atoms with E-state index in [1.807, 2.05) is 18.2 Å². The maximum Gasteiger partial charge on any atom is 0.120 e. The average molecular weight is 252 g/mol. The highest BCUT2D eigenvalue weighted by atomic mass is 32.1. The standard InChI is InChI=1S/C15H24OS/c1-13(2,3)15(17,14(4,5)6)11-9-7-8-10-12(11)16/h7-10,16-17H,1-6H3. The molecule has 0 aliphatic heterocycles. The molecule has 96 valence electrons. The minimum absolute atomic E-state index is 0.0623. The monoisotopic (exact) mass is 252 g/mol. The molecule has 2 heteroatoms. The summed E-state index contributed by atoms with van der Waals surface area (Å²) in [4.78, 5) is 0. The van der Waals surface area contributed by atoms with E-state index in [0.717, 1.165) is 5.56 Å². The fourth-order valence-corrected chi connectivity index (χ4v) is 2.90. The molecular formula is C15H24OS. The van der Waals surface area contributed by atoms with Gasteiger partial charge in [-0.15, -0.1) is 0 Å². The Bertz CT molecular complexity index is 382. The quantitative estimate of drug-likeness (QED) is 0.699. The Balaban J connectivity index is 3.53. The Kier molecular flexibility index (Phi) is 3.60. The fraction of sp³-hybridized carbons (Fsp3) is 0.600. The maximum atomic E-state index is 10.1. The summed E-state index contributed by atoms with van der Waals surface area (Å²) in [6.07, 6.45) is 0. The first-order chi connectivity index (χ1) is 7.52. The zero-order valence-corrected chi connectivity index (χ0v) is 12.6. The number of phenols is 1. The van der Waals surface area contributed by atoms with Crippen molar-refractivity contribution in [1.82, 2.24) is 0 Å². The maximum absolute atomic E-state index is 10.1. The van der Waals surface area contributed by atoms with E-state index < -0.39 is 4.75 Å². The molecule has 0 spiro atoms. The molecule has 1 aromatic rings. The van der Waals surface area contributed by atoms with Crippen molar-refractivity contribution in [2.75, 3.05) is 0 Å². The number of para-hydroxylation sites is 1. The summed E-state index contributed by atoms with van der Waals surface area (Å²) < 4.78 is -0.397. The summed E-state index contributed by atoms with van der Waals surface area (Å²) in [5.41, 5.74) is 0.781. The molecule has 0 saturated heterocycles. The minimum atomic E-state index is -0.397. The van der Waals surface area contributed by atoms with E-state index >= 15 is 0 Å². The van der Waals surface area contributed by atoms with Crippen molar-refractivity contribution >= 4 is 12.6 Å². The lowest BCUT2D eigenvalue weighted by Gasteiger charge is -2.51. The molecule has 1 N–H and O–H groups in total. The Morgan fingerprint density at radius 1 is 0.882 bits per heavy atom. The van der Waals surface area contributed by atoms with Gasteiger partial charge < -0.3 is 5.11 Å². The van der Waals surface area contributed by atoms with Crippen molar-refractivity contribution in [2.24, 2.45) is 10.8 Å². The van der Waals surface area contributed by atoms with Crippen LogP contribution in [0.15, 0.2) is 24.3 Å². The number of benzene rings is 1. The van der Waals surface area contributed by atoms with Crippen LogP contribution >= 0.6 is 12.6 Å². The van der Waals surface area contributed by atoms with Crippen molar-refractivity contribution in [3.05, 3.63) is 29.8 Å². The summed E-state index contributed by atoms with van der Waals surface area (Å²) in [5, 5.41) is 10.1. The Morgan fingerprint density at radius 3 is 1.65 bits per heavy atom. The van der Waals surface area contributed by atoms with E-state index in [0.29, 0.717) is 5.75 Å². The number of phenolic OH excluding ortho intramolecular Hbond substituents is 1. The molecule has 0 radical (unpaired) electrons. The lowest BCUT2D eigenvalue weighted by molar-refractivity contribution is 0.140. The molecule has 0 heterocycles. The van der Waals surface area contributed by atoms with Gasteiger partial charge in [-0.1, -0.05) is 59.7 Å². The molecule has 0 saturated carbocycles. The van der Waals surface area contributed by atoms with E-state index in [2.05, 4.69) is 41.5 Å². The molecule has 0 aliphatic rings. The van der Waals surface area contributed by atoms with Gasteiger partial charge in [0.05, 0.1) is 4.75 Å². The van der Waals surface area contributed by atoms with Crippen molar-refractivity contribution in [1.29, 1.82) is 0 Å². The number of rotatable bonds is 1. The highest BCUT2D eigenvalue weighted by Crippen LogP contribution is 2.57. The van der Waals surface area contributed by atoms with Gasteiger partial charge in [-0.25, -0.2) is 0 Å². The lowest BCUT2D eigenvalue weighted by atomic mass is 9.62. The Morgan fingerprint density at radius 2 is 1.29 bits per heavy atom. The van der Waals surface area contributed by atoms with Crippen LogP contribution in [-0.2, 0) is 4.75 Å². The lowest BCUT2D eigenvalue weighted by Crippen LogP contribution is -2.45. The van der Waals surface area contributed by atoms with Crippen molar-refractivity contribution in [3.8, 4) is 5.75 Å². The molecule has 0 fully saturated rings. The second-order valence-corrected chi connectivity index (χ2v) is 7.40. The Hall–Kier alpha value is -0.630. The highest BCUT2D eigenvalue weighted by Gasteiger charge is 2.50. The second kappa shape index (κ2) is 4.24. The number of aromatic hydroxyl groups is 1. The second-order valence-electron chi connectivity index (χ2n) is 6.73. The van der Waals surface area contributed by atoms with Gasteiger partial charge in [0.1, 0.15) is 5.75 Å².